The number of ether oxygens (including phenoxy) is 1. The van der Waals surface area contributed by atoms with Crippen molar-refractivity contribution in [1.29, 1.82) is 0 Å². The second kappa shape index (κ2) is 7.41. The maximum Gasteiger partial charge on any atom is 0.268 e. The number of nitrogens with zero attached hydrogens (tertiary/aromatic N) is 4. The van der Waals surface area contributed by atoms with Gasteiger partial charge in [0.05, 0.1) is 18.4 Å². The molecular formula is C17H16N6O2S2. The molecule has 0 radical (unpaired) electrons. The van der Waals surface area contributed by atoms with Gasteiger partial charge in [0.15, 0.2) is 5.82 Å². The number of hydrogen-bond acceptors (Lipinski definition) is 8. The molecule has 3 heterocycles. The number of nitrogens with one attached hydrogen (secondary N) is 1. The Kier molecular flexibility index (Phi) is 4.82. The van der Waals surface area contributed by atoms with Crippen LogP contribution in [0.5, 0.6) is 5.75 Å². The highest BCUT2D eigenvalue weighted by Crippen LogP contribution is 2.21. The van der Waals surface area contributed by atoms with Crippen LogP contribution in [0.4, 0.5) is 0 Å². The minimum atomic E-state index is -0.125. The molecule has 0 amide bonds. The number of benzene rings is 1. The van der Waals surface area contributed by atoms with E-state index in [1.807, 2.05) is 35.7 Å². The van der Waals surface area contributed by atoms with Gasteiger partial charge in [-0.1, -0.05) is 23.9 Å². The van der Waals surface area contributed by atoms with Crippen LogP contribution in [-0.2, 0) is 12.2 Å². The zero-order chi connectivity index (χ0) is 18.8. The number of aromatic amines is 1. The maximum absolute atomic E-state index is 12.0. The number of rotatable bonds is 6. The van der Waals surface area contributed by atoms with Gasteiger partial charge in [-0.3, -0.25) is 4.79 Å². The van der Waals surface area contributed by atoms with E-state index < -0.39 is 0 Å². The maximum atomic E-state index is 12.0. The normalized spacial score (nSPS) is 11.1. The number of hydrogen-bond donors (Lipinski definition) is 2. The Morgan fingerprint density at radius 2 is 2.07 bits per heavy atom. The highest BCUT2D eigenvalue weighted by atomic mass is 32.2. The molecule has 4 rings (SSSR count). The van der Waals surface area contributed by atoms with Crippen LogP contribution in [0, 0.1) is 0 Å². The van der Waals surface area contributed by atoms with Gasteiger partial charge in [0.25, 0.3) is 5.56 Å². The fraction of sp³-hybridized carbons (Fsp3) is 0.176. The SMILES string of the molecule is COc1ccc(Cc2nnc(SCc3nc4ccsc4c(=O)[nH]3)n2N)cc1. The molecule has 0 fully saturated rings. The molecule has 0 aliphatic rings. The summed E-state index contributed by atoms with van der Waals surface area (Å²) >= 11 is 2.75. The molecule has 27 heavy (non-hydrogen) atoms. The van der Waals surface area contributed by atoms with Crippen molar-refractivity contribution in [3.63, 3.8) is 0 Å². The smallest absolute Gasteiger partial charge is 0.268 e. The highest BCUT2D eigenvalue weighted by Gasteiger charge is 2.12. The van der Waals surface area contributed by atoms with E-state index in [4.69, 9.17) is 10.6 Å². The summed E-state index contributed by atoms with van der Waals surface area (Å²) in [4.78, 5) is 19.3. The van der Waals surface area contributed by atoms with Crippen molar-refractivity contribution in [2.75, 3.05) is 13.0 Å². The van der Waals surface area contributed by atoms with Crippen LogP contribution in [0.2, 0.25) is 0 Å². The third kappa shape index (κ3) is 3.67. The van der Waals surface area contributed by atoms with Gasteiger partial charge >= 0.3 is 0 Å². The van der Waals surface area contributed by atoms with Crippen LogP contribution >= 0.6 is 23.1 Å². The van der Waals surface area contributed by atoms with Crippen molar-refractivity contribution in [3.8, 4) is 5.75 Å². The van der Waals surface area contributed by atoms with Gasteiger partial charge in [0, 0.05) is 6.42 Å². The fourth-order valence-electron chi connectivity index (χ4n) is 2.58. The second-order valence-corrected chi connectivity index (χ2v) is 7.59. The van der Waals surface area contributed by atoms with Crippen LogP contribution in [0.1, 0.15) is 17.2 Å². The number of methoxy groups -OCH3 is 1. The molecule has 0 saturated heterocycles. The molecule has 3 aromatic heterocycles. The third-order valence-electron chi connectivity index (χ3n) is 3.96. The summed E-state index contributed by atoms with van der Waals surface area (Å²) in [6, 6.07) is 9.55. The first-order valence-corrected chi connectivity index (χ1v) is 9.92. The van der Waals surface area contributed by atoms with Gasteiger partial charge < -0.3 is 15.6 Å². The predicted octanol–water partition coefficient (Wildman–Crippen LogP) is 2.18. The summed E-state index contributed by atoms with van der Waals surface area (Å²) in [5.74, 6) is 8.60. The van der Waals surface area contributed by atoms with Crippen molar-refractivity contribution >= 4 is 33.3 Å². The van der Waals surface area contributed by atoms with Crippen molar-refractivity contribution in [3.05, 3.63) is 63.3 Å². The summed E-state index contributed by atoms with van der Waals surface area (Å²) in [6.07, 6.45) is 0.560. The van der Waals surface area contributed by atoms with Crippen molar-refractivity contribution < 1.29 is 4.74 Å². The average Bonchev–Trinajstić information content (AvgIpc) is 3.28. The monoisotopic (exact) mass is 400 g/mol. The van der Waals surface area contributed by atoms with Gasteiger partial charge in [-0.25, -0.2) is 9.66 Å². The van der Waals surface area contributed by atoms with E-state index in [1.54, 1.807) is 7.11 Å². The molecule has 10 heteroatoms. The highest BCUT2D eigenvalue weighted by molar-refractivity contribution is 7.98. The molecule has 1 aromatic carbocycles. The van der Waals surface area contributed by atoms with Gasteiger partial charge in [-0.2, -0.15) is 0 Å². The lowest BCUT2D eigenvalue weighted by Gasteiger charge is -2.05. The van der Waals surface area contributed by atoms with Crippen LogP contribution in [0.3, 0.4) is 0 Å². The van der Waals surface area contributed by atoms with Crippen LogP contribution in [-0.4, -0.2) is 32.0 Å². The topological polar surface area (TPSA) is 112 Å². The van der Waals surface area contributed by atoms with E-state index in [1.165, 1.54) is 27.8 Å². The number of aromatic nitrogens is 5. The van der Waals surface area contributed by atoms with Crippen LogP contribution in [0.15, 0.2) is 45.7 Å². The molecular weight excluding hydrogens is 384 g/mol. The summed E-state index contributed by atoms with van der Waals surface area (Å²) in [5.41, 5.74) is 1.63. The van der Waals surface area contributed by atoms with E-state index in [2.05, 4.69) is 20.2 Å². The fourth-order valence-corrected chi connectivity index (χ4v) is 4.05. The Bertz CT molecular complexity index is 1130. The summed E-state index contributed by atoms with van der Waals surface area (Å²) in [5, 5.41) is 10.7. The Hall–Kier alpha value is -2.85. The first-order chi connectivity index (χ1) is 13.1. The van der Waals surface area contributed by atoms with Crippen molar-refractivity contribution in [2.24, 2.45) is 0 Å². The minimum Gasteiger partial charge on any atom is -0.497 e. The van der Waals surface area contributed by atoms with Gasteiger partial charge in [0.2, 0.25) is 5.16 Å². The first kappa shape index (κ1) is 17.6. The molecule has 0 bridgehead atoms. The van der Waals surface area contributed by atoms with Crippen LogP contribution < -0.4 is 16.1 Å². The molecule has 138 valence electrons. The molecule has 0 spiro atoms. The van der Waals surface area contributed by atoms with E-state index in [-0.39, 0.29) is 5.56 Å². The first-order valence-electron chi connectivity index (χ1n) is 8.05. The summed E-state index contributed by atoms with van der Waals surface area (Å²) < 4.78 is 7.26. The summed E-state index contributed by atoms with van der Waals surface area (Å²) in [7, 11) is 1.63. The van der Waals surface area contributed by atoms with E-state index in [0.29, 0.717) is 39.2 Å². The van der Waals surface area contributed by atoms with E-state index >= 15 is 0 Å². The quantitative estimate of drug-likeness (QED) is 0.377. The van der Waals surface area contributed by atoms with Crippen molar-refractivity contribution in [1.82, 2.24) is 24.8 Å². The molecule has 0 aliphatic carbocycles. The zero-order valence-electron chi connectivity index (χ0n) is 14.4. The van der Waals surface area contributed by atoms with Gasteiger partial charge in [-0.15, -0.1) is 21.5 Å². The molecule has 4 aromatic rings. The minimum absolute atomic E-state index is 0.125. The lowest BCUT2D eigenvalue weighted by atomic mass is 10.1. The second-order valence-electron chi connectivity index (χ2n) is 5.73. The molecule has 0 saturated carbocycles. The third-order valence-corrected chi connectivity index (χ3v) is 5.82. The lowest BCUT2D eigenvalue weighted by molar-refractivity contribution is 0.414. The number of fused-ring (bicyclic) bond motifs is 1. The molecule has 0 unspecified atom stereocenters. The Morgan fingerprint density at radius 3 is 2.85 bits per heavy atom. The van der Waals surface area contributed by atoms with E-state index in [9.17, 15) is 4.79 Å². The number of nitrogens with two attached hydrogens (primary N) is 1. The predicted molar refractivity (Wildman–Crippen MR) is 106 cm³/mol. The molecule has 0 aliphatic heterocycles. The van der Waals surface area contributed by atoms with E-state index in [0.717, 1.165) is 11.3 Å². The molecule has 0 atom stereocenters. The zero-order valence-corrected chi connectivity index (χ0v) is 16.0. The lowest BCUT2D eigenvalue weighted by Crippen LogP contribution is -2.15. The largest absolute Gasteiger partial charge is 0.497 e. The van der Waals surface area contributed by atoms with Crippen molar-refractivity contribution in [2.45, 2.75) is 17.3 Å². The number of thiophene rings is 1. The molecule has 3 N–H and O–H groups in total. The standard InChI is InChI=1S/C17H16N6O2S2/c1-25-11-4-2-10(3-5-11)8-14-21-22-17(23(14)18)27-9-13-19-12-6-7-26-15(12)16(24)20-13/h2-7H,8-9,18H2,1H3,(H,19,20,24). The van der Waals surface area contributed by atoms with Gasteiger partial charge in [-0.05, 0) is 29.1 Å². The summed E-state index contributed by atoms with van der Waals surface area (Å²) in [6.45, 7) is 0. The molecule has 8 nitrogen and oxygen atoms in total. The number of nitrogen functional groups attached to an aromatic ring is 1. The van der Waals surface area contributed by atoms with Crippen LogP contribution in [0.25, 0.3) is 10.2 Å². The Labute approximate surface area is 162 Å². The van der Waals surface area contributed by atoms with Gasteiger partial charge in [0.1, 0.15) is 16.3 Å². The number of thioether (sulfide) groups is 1. The number of H-pyrrole nitrogens is 1. The Balaban J connectivity index is 1.47. The average molecular weight is 400 g/mol. The Morgan fingerprint density at radius 1 is 1.26 bits per heavy atom.